The Morgan fingerprint density at radius 1 is 0.955 bits per heavy atom. The van der Waals surface area contributed by atoms with E-state index in [2.05, 4.69) is 12.1 Å². The minimum absolute atomic E-state index is 0.212. The van der Waals surface area contributed by atoms with Crippen LogP contribution < -0.4 is 4.74 Å². The Bertz CT molecular complexity index is 551. The van der Waals surface area contributed by atoms with Gasteiger partial charge in [-0.25, -0.2) is 0 Å². The average Bonchev–Trinajstić information content (AvgIpc) is 2.52. The maximum Gasteiger partial charge on any atom is 0.133 e. The number of aromatic hydroxyl groups is 1. The monoisotopic (exact) mass is 302 g/mol. The molecule has 0 unspecified atom stereocenters. The highest BCUT2D eigenvalue weighted by Crippen LogP contribution is 2.30. The molecule has 2 aromatic rings. The standard InChI is InChI=1S/C17H20O3.C2H6/c1-12-10-14(4-3-9-18)11-13(2)17(12)20-16-7-5-15(19)6-8-16;1-2/h5-8,10-11,18-19H,3-4,9H2,1-2H3;1-2H3. The van der Waals surface area contributed by atoms with Gasteiger partial charge in [0.2, 0.25) is 0 Å². The van der Waals surface area contributed by atoms with Crippen molar-refractivity contribution < 1.29 is 14.9 Å². The third-order valence-electron chi connectivity index (χ3n) is 3.20. The first kappa shape index (κ1) is 18.1. The van der Waals surface area contributed by atoms with Gasteiger partial charge in [-0.05, 0) is 67.6 Å². The van der Waals surface area contributed by atoms with Crippen molar-refractivity contribution in [1.82, 2.24) is 0 Å². The van der Waals surface area contributed by atoms with E-state index in [0.29, 0.717) is 5.75 Å². The van der Waals surface area contributed by atoms with Crippen molar-refractivity contribution in [3.05, 3.63) is 53.1 Å². The smallest absolute Gasteiger partial charge is 0.133 e. The Hall–Kier alpha value is -2.00. The van der Waals surface area contributed by atoms with Gasteiger partial charge in [0.25, 0.3) is 0 Å². The van der Waals surface area contributed by atoms with Crippen molar-refractivity contribution in [3.63, 3.8) is 0 Å². The first-order valence-electron chi connectivity index (χ1n) is 7.78. The molecule has 0 aromatic heterocycles. The van der Waals surface area contributed by atoms with Crippen LogP contribution in [0.15, 0.2) is 36.4 Å². The lowest BCUT2D eigenvalue weighted by atomic mass is 10.0. The molecule has 3 heteroatoms. The fraction of sp³-hybridized carbons (Fsp3) is 0.368. The predicted octanol–water partition coefficient (Wildman–Crippen LogP) is 4.75. The molecule has 0 bridgehead atoms. The Kier molecular flexibility index (Phi) is 7.47. The van der Waals surface area contributed by atoms with Gasteiger partial charge in [0.05, 0.1) is 0 Å². The van der Waals surface area contributed by atoms with Crippen LogP contribution in [-0.4, -0.2) is 16.8 Å². The summed E-state index contributed by atoms with van der Waals surface area (Å²) >= 11 is 0. The molecule has 3 nitrogen and oxygen atoms in total. The molecular formula is C19H26O3. The lowest BCUT2D eigenvalue weighted by Crippen LogP contribution is -1.96. The van der Waals surface area contributed by atoms with Gasteiger partial charge >= 0.3 is 0 Å². The van der Waals surface area contributed by atoms with Gasteiger partial charge in [-0.3, -0.25) is 0 Å². The second-order valence-corrected chi connectivity index (χ2v) is 4.98. The van der Waals surface area contributed by atoms with Crippen molar-refractivity contribution >= 4 is 0 Å². The molecule has 22 heavy (non-hydrogen) atoms. The first-order valence-corrected chi connectivity index (χ1v) is 7.78. The summed E-state index contributed by atoms with van der Waals surface area (Å²) in [6.07, 6.45) is 1.65. The van der Waals surface area contributed by atoms with E-state index in [1.54, 1.807) is 24.3 Å². The van der Waals surface area contributed by atoms with Gasteiger partial charge in [0.1, 0.15) is 17.2 Å². The molecule has 0 fully saturated rings. The second kappa shape index (κ2) is 9.11. The maximum absolute atomic E-state index is 9.27. The summed E-state index contributed by atoms with van der Waals surface area (Å²) < 4.78 is 5.89. The zero-order valence-electron chi connectivity index (χ0n) is 13.9. The molecule has 0 spiro atoms. The number of hydrogen-bond acceptors (Lipinski definition) is 3. The van der Waals surface area contributed by atoms with Crippen molar-refractivity contribution in [1.29, 1.82) is 0 Å². The fourth-order valence-electron chi connectivity index (χ4n) is 2.26. The number of aliphatic hydroxyl groups excluding tert-OH is 1. The first-order chi connectivity index (χ1) is 10.6. The molecule has 120 valence electrons. The SMILES string of the molecule is CC.Cc1cc(CCCO)cc(C)c1Oc1ccc(O)cc1. The number of phenols is 1. The average molecular weight is 302 g/mol. The molecule has 2 N–H and O–H groups in total. The van der Waals surface area contributed by atoms with Crippen LogP contribution in [0.2, 0.25) is 0 Å². The molecule has 0 saturated heterocycles. The summed E-state index contributed by atoms with van der Waals surface area (Å²) in [7, 11) is 0. The van der Waals surface area contributed by atoms with E-state index in [9.17, 15) is 5.11 Å². The molecule has 0 aliphatic heterocycles. The van der Waals surface area contributed by atoms with Crippen LogP contribution in [-0.2, 0) is 6.42 Å². The summed E-state index contributed by atoms with van der Waals surface area (Å²) in [5.41, 5.74) is 3.36. The number of aryl methyl sites for hydroxylation is 3. The van der Waals surface area contributed by atoms with Crippen molar-refractivity contribution in [2.24, 2.45) is 0 Å². The normalized spacial score (nSPS) is 9.86. The fourth-order valence-corrected chi connectivity index (χ4v) is 2.26. The summed E-state index contributed by atoms with van der Waals surface area (Å²) in [5, 5.41) is 18.2. The topological polar surface area (TPSA) is 49.7 Å². The van der Waals surface area contributed by atoms with E-state index >= 15 is 0 Å². The highest BCUT2D eigenvalue weighted by molar-refractivity contribution is 5.46. The molecule has 0 atom stereocenters. The number of hydrogen-bond donors (Lipinski definition) is 2. The van der Waals surface area contributed by atoms with Crippen molar-refractivity contribution in [2.75, 3.05) is 6.61 Å². The van der Waals surface area contributed by atoms with Gasteiger partial charge in [0.15, 0.2) is 0 Å². The number of aliphatic hydroxyl groups is 1. The van der Waals surface area contributed by atoms with Crippen LogP contribution in [0.4, 0.5) is 0 Å². The van der Waals surface area contributed by atoms with Gasteiger partial charge < -0.3 is 14.9 Å². The van der Waals surface area contributed by atoms with E-state index in [4.69, 9.17) is 9.84 Å². The zero-order chi connectivity index (χ0) is 16.5. The highest BCUT2D eigenvalue weighted by atomic mass is 16.5. The third kappa shape index (κ3) is 5.08. The van der Waals surface area contributed by atoms with Gasteiger partial charge in [-0.15, -0.1) is 0 Å². The largest absolute Gasteiger partial charge is 0.508 e. The van der Waals surface area contributed by atoms with Crippen LogP contribution in [0.5, 0.6) is 17.2 Å². The maximum atomic E-state index is 9.27. The van der Waals surface area contributed by atoms with Crippen LogP contribution in [0, 0.1) is 13.8 Å². The molecule has 0 saturated carbocycles. The van der Waals surface area contributed by atoms with E-state index in [0.717, 1.165) is 29.7 Å². The molecule has 0 heterocycles. The third-order valence-corrected chi connectivity index (χ3v) is 3.20. The second-order valence-electron chi connectivity index (χ2n) is 4.98. The minimum atomic E-state index is 0.212. The number of ether oxygens (including phenoxy) is 1. The van der Waals surface area contributed by atoms with E-state index in [-0.39, 0.29) is 12.4 Å². The van der Waals surface area contributed by atoms with Crippen LogP contribution >= 0.6 is 0 Å². The van der Waals surface area contributed by atoms with Gasteiger partial charge in [-0.1, -0.05) is 26.0 Å². The quantitative estimate of drug-likeness (QED) is 0.837. The lowest BCUT2D eigenvalue weighted by Gasteiger charge is -2.14. The lowest BCUT2D eigenvalue weighted by molar-refractivity contribution is 0.288. The molecule has 2 rings (SSSR count). The Balaban J connectivity index is 0.00000116. The summed E-state index contributed by atoms with van der Waals surface area (Å²) in [6, 6.07) is 10.9. The van der Waals surface area contributed by atoms with Crippen molar-refractivity contribution in [2.45, 2.75) is 40.5 Å². The molecule has 0 aliphatic rings. The van der Waals surface area contributed by atoms with Crippen LogP contribution in [0.3, 0.4) is 0 Å². The minimum Gasteiger partial charge on any atom is -0.508 e. The molecule has 2 aromatic carbocycles. The van der Waals surface area contributed by atoms with Gasteiger partial charge in [-0.2, -0.15) is 0 Å². The Morgan fingerprint density at radius 2 is 1.50 bits per heavy atom. The highest BCUT2D eigenvalue weighted by Gasteiger charge is 2.08. The number of rotatable bonds is 5. The summed E-state index contributed by atoms with van der Waals surface area (Å²) in [5.74, 6) is 1.78. The van der Waals surface area contributed by atoms with Crippen LogP contribution in [0.1, 0.15) is 37.0 Å². The van der Waals surface area contributed by atoms with E-state index in [1.165, 1.54) is 5.56 Å². The Labute approximate surface area is 133 Å². The number of benzene rings is 2. The summed E-state index contributed by atoms with van der Waals surface area (Å²) in [4.78, 5) is 0. The predicted molar refractivity (Wildman–Crippen MR) is 90.9 cm³/mol. The zero-order valence-corrected chi connectivity index (χ0v) is 13.9. The molecular weight excluding hydrogens is 276 g/mol. The molecule has 0 radical (unpaired) electrons. The molecule has 0 aliphatic carbocycles. The Morgan fingerprint density at radius 3 is 2.00 bits per heavy atom. The van der Waals surface area contributed by atoms with Crippen LogP contribution in [0.25, 0.3) is 0 Å². The van der Waals surface area contributed by atoms with Gasteiger partial charge in [0, 0.05) is 6.61 Å². The molecule has 0 amide bonds. The summed E-state index contributed by atoms with van der Waals surface area (Å²) in [6.45, 7) is 8.25. The van der Waals surface area contributed by atoms with E-state index < -0.39 is 0 Å². The van der Waals surface area contributed by atoms with E-state index in [1.807, 2.05) is 27.7 Å². The van der Waals surface area contributed by atoms with Crippen molar-refractivity contribution in [3.8, 4) is 17.2 Å². The number of phenolic OH excluding ortho intramolecular Hbond substituents is 1.